The smallest absolute Gasteiger partial charge is 0.125 e. The molecule has 1 heterocycles. The van der Waals surface area contributed by atoms with Crippen molar-refractivity contribution in [3.63, 3.8) is 0 Å². The van der Waals surface area contributed by atoms with E-state index in [1.807, 2.05) is 19.1 Å². The molecular formula is C8H9NO. The Morgan fingerprint density at radius 1 is 1.60 bits per heavy atom. The Morgan fingerprint density at radius 3 is 2.90 bits per heavy atom. The van der Waals surface area contributed by atoms with Gasteiger partial charge in [-0.15, -0.1) is 0 Å². The molecule has 0 saturated carbocycles. The molecule has 52 valence electrons. The summed E-state index contributed by atoms with van der Waals surface area (Å²) in [5.41, 5.74) is 1.95. The van der Waals surface area contributed by atoms with Gasteiger partial charge in [0.25, 0.3) is 0 Å². The first kappa shape index (κ1) is 6.93. The van der Waals surface area contributed by atoms with Gasteiger partial charge in [-0.1, -0.05) is 6.07 Å². The number of rotatable bonds is 2. The molecule has 1 aromatic rings. The highest BCUT2D eigenvalue weighted by Crippen LogP contribution is 1.97. The predicted octanol–water partition coefficient (Wildman–Crippen LogP) is 1.13. The first-order valence-corrected chi connectivity index (χ1v) is 3.18. The zero-order valence-electron chi connectivity index (χ0n) is 5.87. The summed E-state index contributed by atoms with van der Waals surface area (Å²) >= 11 is 0. The maximum Gasteiger partial charge on any atom is 0.125 e. The highest BCUT2D eigenvalue weighted by atomic mass is 16.1. The van der Waals surface area contributed by atoms with Crippen molar-refractivity contribution < 1.29 is 4.79 Å². The number of hydrogen-bond acceptors (Lipinski definition) is 2. The summed E-state index contributed by atoms with van der Waals surface area (Å²) in [6.07, 6.45) is 3.04. The highest BCUT2D eigenvalue weighted by molar-refractivity contribution is 5.53. The Kier molecular flexibility index (Phi) is 2.15. The molecule has 10 heavy (non-hydrogen) atoms. The average Bonchev–Trinajstić information content (AvgIpc) is 1.95. The van der Waals surface area contributed by atoms with Crippen LogP contribution in [-0.4, -0.2) is 11.3 Å². The lowest BCUT2D eigenvalue weighted by Crippen LogP contribution is -1.89. The lowest BCUT2D eigenvalue weighted by molar-refractivity contribution is -0.107. The Hall–Kier alpha value is -1.18. The van der Waals surface area contributed by atoms with E-state index in [4.69, 9.17) is 0 Å². The summed E-state index contributed by atoms with van der Waals surface area (Å²) in [6.45, 7) is 1.97. The van der Waals surface area contributed by atoms with Crippen LogP contribution in [0.15, 0.2) is 18.3 Å². The molecule has 0 fully saturated rings. The van der Waals surface area contributed by atoms with Gasteiger partial charge in [0.15, 0.2) is 0 Å². The topological polar surface area (TPSA) is 30.0 Å². The van der Waals surface area contributed by atoms with Gasteiger partial charge in [-0.25, -0.2) is 0 Å². The van der Waals surface area contributed by atoms with Crippen molar-refractivity contribution >= 4 is 6.29 Å². The number of nitrogens with zero attached hydrogens (tertiary/aromatic N) is 1. The number of aldehydes is 1. The van der Waals surface area contributed by atoms with E-state index < -0.39 is 0 Å². The minimum absolute atomic E-state index is 0.417. The lowest BCUT2D eigenvalue weighted by Gasteiger charge is -1.93. The van der Waals surface area contributed by atoms with Crippen LogP contribution in [0.2, 0.25) is 0 Å². The van der Waals surface area contributed by atoms with Crippen LogP contribution in [0.1, 0.15) is 11.3 Å². The molecule has 0 aromatic carbocycles. The molecule has 0 aliphatic heterocycles. The molecule has 0 saturated heterocycles. The fraction of sp³-hybridized carbons (Fsp3) is 0.250. The van der Waals surface area contributed by atoms with E-state index in [1.165, 1.54) is 0 Å². The number of aromatic nitrogens is 1. The van der Waals surface area contributed by atoms with Gasteiger partial charge in [0.1, 0.15) is 6.29 Å². The van der Waals surface area contributed by atoms with Gasteiger partial charge < -0.3 is 4.79 Å². The van der Waals surface area contributed by atoms with Crippen molar-refractivity contribution in [3.8, 4) is 0 Å². The molecule has 0 aliphatic rings. The van der Waals surface area contributed by atoms with E-state index in [1.54, 1.807) is 6.20 Å². The first-order valence-electron chi connectivity index (χ1n) is 3.18. The van der Waals surface area contributed by atoms with Crippen LogP contribution >= 0.6 is 0 Å². The van der Waals surface area contributed by atoms with Gasteiger partial charge in [0, 0.05) is 18.3 Å². The minimum Gasteiger partial charge on any atom is -0.303 e. The van der Waals surface area contributed by atoms with Crippen LogP contribution < -0.4 is 0 Å². The molecule has 0 bridgehead atoms. The van der Waals surface area contributed by atoms with Crippen LogP contribution in [0.3, 0.4) is 0 Å². The molecule has 0 N–H and O–H groups in total. The second kappa shape index (κ2) is 3.11. The molecule has 0 atom stereocenters. The van der Waals surface area contributed by atoms with Crippen molar-refractivity contribution in [2.24, 2.45) is 0 Å². The van der Waals surface area contributed by atoms with E-state index in [0.29, 0.717) is 6.42 Å². The normalized spacial score (nSPS) is 9.30. The van der Waals surface area contributed by atoms with Crippen molar-refractivity contribution in [2.45, 2.75) is 13.3 Å². The van der Waals surface area contributed by atoms with Crippen molar-refractivity contribution in [1.29, 1.82) is 0 Å². The van der Waals surface area contributed by atoms with E-state index in [9.17, 15) is 4.79 Å². The van der Waals surface area contributed by atoms with Crippen molar-refractivity contribution in [3.05, 3.63) is 29.6 Å². The zero-order valence-corrected chi connectivity index (χ0v) is 5.87. The van der Waals surface area contributed by atoms with Gasteiger partial charge >= 0.3 is 0 Å². The fourth-order valence-electron chi connectivity index (χ4n) is 0.705. The van der Waals surface area contributed by atoms with Gasteiger partial charge in [-0.3, -0.25) is 4.98 Å². The first-order chi connectivity index (χ1) is 4.83. The zero-order chi connectivity index (χ0) is 7.40. The molecular weight excluding hydrogens is 126 g/mol. The molecule has 0 radical (unpaired) electrons. The summed E-state index contributed by atoms with van der Waals surface area (Å²) in [5, 5.41) is 0. The second-order valence-corrected chi connectivity index (χ2v) is 2.20. The van der Waals surface area contributed by atoms with Gasteiger partial charge in [0.2, 0.25) is 0 Å². The molecule has 1 rings (SSSR count). The van der Waals surface area contributed by atoms with E-state index >= 15 is 0 Å². The number of pyridine rings is 1. The van der Waals surface area contributed by atoms with Crippen LogP contribution in [0.4, 0.5) is 0 Å². The third-order valence-corrected chi connectivity index (χ3v) is 1.27. The molecule has 0 unspecified atom stereocenters. The highest BCUT2D eigenvalue weighted by Gasteiger charge is 1.89. The average molecular weight is 135 g/mol. The number of aryl methyl sites for hydroxylation is 1. The second-order valence-electron chi connectivity index (χ2n) is 2.20. The Bertz CT molecular complexity index is 215. The lowest BCUT2D eigenvalue weighted by atomic mass is 10.2. The summed E-state index contributed by atoms with van der Waals surface area (Å²) in [6, 6.07) is 3.82. The van der Waals surface area contributed by atoms with Gasteiger partial charge in [0.05, 0.1) is 0 Å². The monoisotopic (exact) mass is 135 g/mol. The Morgan fingerprint density at radius 2 is 2.40 bits per heavy atom. The fourth-order valence-corrected chi connectivity index (χ4v) is 0.705. The largest absolute Gasteiger partial charge is 0.303 e. The third-order valence-electron chi connectivity index (χ3n) is 1.27. The van der Waals surface area contributed by atoms with Crippen LogP contribution in [-0.2, 0) is 11.2 Å². The predicted molar refractivity (Wildman–Crippen MR) is 38.7 cm³/mol. The Balaban J connectivity index is 2.78. The molecule has 2 heteroatoms. The summed E-state index contributed by atoms with van der Waals surface area (Å²) in [7, 11) is 0. The molecule has 0 spiro atoms. The van der Waals surface area contributed by atoms with Crippen LogP contribution in [0.5, 0.6) is 0 Å². The van der Waals surface area contributed by atoms with E-state index in [2.05, 4.69) is 4.98 Å². The van der Waals surface area contributed by atoms with E-state index in [0.717, 1.165) is 17.5 Å². The summed E-state index contributed by atoms with van der Waals surface area (Å²) in [5.74, 6) is 0. The summed E-state index contributed by atoms with van der Waals surface area (Å²) in [4.78, 5) is 14.1. The van der Waals surface area contributed by atoms with Crippen molar-refractivity contribution in [2.75, 3.05) is 0 Å². The maximum absolute atomic E-state index is 10.0. The quantitative estimate of drug-likeness (QED) is 0.569. The van der Waals surface area contributed by atoms with Crippen LogP contribution in [0.25, 0.3) is 0 Å². The summed E-state index contributed by atoms with van der Waals surface area (Å²) < 4.78 is 0. The number of carbonyl (C=O) groups excluding carboxylic acids is 1. The minimum atomic E-state index is 0.417. The molecule has 0 amide bonds. The number of carbonyl (C=O) groups is 1. The molecule has 2 nitrogen and oxygen atoms in total. The third kappa shape index (κ3) is 1.65. The molecule has 0 aliphatic carbocycles. The Labute approximate surface area is 59.9 Å². The van der Waals surface area contributed by atoms with Crippen molar-refractivity contribution in [1.82, 2.24) is 4.98 Å². The maximum atomic E-state index is 10.0. The van der Waals surface area contributed by atoms with Gasteiger partial charge in [-0.2, -0.15) is 0 Å². The van der Waals surface area contributed by atoms with Crippen LogP contribution in [0, 0.1) is 6.92 Å². The van der Waals surface area contributed by atoms with Gasteiger partial charge in [-0.05, 0) is 18.6 Å². The standard InChI is InChI=1S/C8H9NO/c1-7-2-3-8(4-5-10)9-6-7/h2-3,5-6H,4H2,1H3. The molecule has 1 aromatic heterocycles. The SMILES string of the molecule is Cc1ccc(CC=O)nc1. The van der Waals surface area contributed by atoms with E-state index in [-0.39, 0.29) is 0 Å². The number of hydrogen-bond donors (Lipinski definition) is 0.